The van der Waals surface area contributed by atoms with Crippen LogP contribution in [0.5, 0.6) is 0 Å². The van der Waals surface area contributed by atoms with Gasteiger partial charge in [0.05, 0.1) is 11.3 Å². The van der Waals surface area contributed by atoms with E-state index in [1.54, 1.807) is 6.07 Å². The van der Waals surface area contributed by atoms with Gasteiger partial charge in [-0.1, -0.05) is 31.4 Å². The predicted octanol–water partition coefficient (Wildman–Crippen LogP) is 1.58. The fraction of sp³-hybridized carbons (Fsp3) is 0.467. The number of aliphatic hydroxyl groups is 1. The Bertz CT molecular complexity index is 527. The van der Waals surface area contributed by atoms with Crippen LogP contribution < -0.4 is 10.6 Å². The first-order valence-corrected chi connectivity index (χ1v) is 7.06. The highest BCUT2D eigenvalue weighted by molar-refractivity contribution is 6.39. The number of anilines is 1. The lowest BCUT2D eigenvalue weighted by atomic mass is 9.85. The number of benzene rings is 1. The topological polar surface area (TPSA) is 78.4 Å². The van der Waals surface area contributed by atoms with Crippen molar-refractivity contribution in [2.24, 2.45) is 0 Å². The minimum atomic E-state index is -0.945. The Kier molecular flexibility index (Phi) is 4.90. The first kappa shape index (κ1) is 15.4. The molecule has 2 rings (SSSR count). The summed E-state index contributed by atoms with van der Waals surface area (Å²) in [6, 6.07) is 5.61. The van der Waals surface area contributed by atoms with E-state index in [9.17, 15) is 19.1 Å². The van der Waals surface area contributed by atoms with Crippen LogP contribution in [0.25, 0.3) is 0 Å². The molecule has 0 unspecified atom stereocenters. The quantitative estimate of drug-likeness (QED) is 0.741. The number of nitrogens with one attached hydrogen (secondary N) is 2. The zero-order valence-corrected chi connectivity index (χ0v) is 11.7. The van der Waals surface area contributed by atoms with Gasteiger partial charge in [-0.3, -0.25) is 9.59 Å². The third kappa shape index (κ3) is 4.26. The number of amides is 2. The molecule has 21 heavy (non-hydrogen) atoms. The summed E-state index contributed by atoms with van der Waals surface area (Å²) in [6.45, 7) is 0.0382. The molecule has 5 nitrogen and oxygen atoms in total. The normalized spacial score (nSPS) is 17.0. The lowest BCUT2D eigenvalue weighted by Gasteiger charge is -2.31. The van der Waals surface area contributed by atoms with Crippen molar-refractivity contribution < 1.29 is 19.1 Å². The molecule has 0 aromatic heterocycles. The van der Waals surface area contributed by atoms with Gasteiger partial charge in [0.1, 0.15) is 5.82 Å². The van der Waals surface area contributed by atoms with Crippen LogP contribution in [0.1, 0.15) is 32.1 Å². The highest BCUT2D eigenvalue weighted by Gasteiger charge is 2.30. The molecule has 0 bridgehead atoms. The summed E-state index contributed by atoms with van der Waals surface area (Å²) in [5, 5.41) is 14.8. The second kappa shape index (κ2) is 6.67. The van der Waals surface area contributed by atoms with E-state index in [1.165, 1.54) is 18.2 Å². The average molecular weight is 294 g/mol. The van der Waals surface area contributed by atoms with Gasteiger partial charge in [0, 0.05) is 6.54 Å². The maximum atomic E-state index is 13.4. The minimum absolute atomic E-state index is 0.0382. The number of halogens is 1. The smallest absolute Gasteiger partial charge is 0.313 e. The van der Waals surface area contributed by atoms with Gasteiger partial charge < -0.3 is 15.7 Å². The summed E-state index contributed by atoms with van der Waals surface area (Å²) in [6.07, 6.45) is 4.12. The van der Waals surface area contributed by atoms with Gasteiger partial charge in [0.15, 0.2) is 0 Å². The van der Waals surface area contributed by atoms with Crippen LogP contribution >= 0.6 is 0 Å². The summed E-state index contributed by atoms with van der Waals surface area (Å²) < 4.78 is 13.4. The maximum absolute atomic E-state index is 13.4. The van der Waals surface area contributed by atoms with Crippen molar-refractivity contribution in [3.63, 3.8) is 0 Å². The summed E-state index contributed by atoms with van der Waals surface area (Å²) in [5.41, 5.74) is -0.986. The Morgan fingerprint density at radius 1 is 1.14 bits per heavy atom. The van der Waals surface area contributed by atoms with Crippen LogP contribution in [0.4, 0.5) is 10.1 Å². The van der Waals surface area contributed by atoms with Crippen molar-refractivity contribution in [2.45, 2.75) is 37.7 Å². The van der Waals surface area contributed by atoms with Crippen molar-refractivity contribution in [3.05, 3.63) is 30.1 Å². The van der Waals surface area contributed by atoms with E-state index in [0.29, 0.717) is 12.8 Å². The third-order valence-corrected chi connectivity index (χ3v) is 3.69. The summed E-state index contributed by atoms with van der Waals surface area (Å²) >= 11 is 0. The van der Waals surface area contributed by atoms with Crippen LogP contribution in [-0.4, -0.2) is 29.1 Å². The Hall–Kier alpha value is -1.95. The molecule has 1 aliphatic rings. The Morgan fingerprint density at radius 2 is 1.81 bits per heavy atom. The van der Waals surface area contributed by atoms with E-state index in [-0.39, 0.29) is 12.2 Å². The number of carbonyl (C=O) groups excluding carboxylic acids is 2. The summed E-state index contributed by atoms with van der Waals surface area (Å²) in [7, 11) is 0. The molecule has 1 fully saturated rings. The van der Waals surface area contributed by atoms with Crippen LogP contribution in [0.15, 0.2) is 24.3 Å². The molecule has 0 heterocycles. The van der Waals surface area contributed by atoms with Crippen LogP contribution in [-0.2, 0) is 9.59 Å². The minimum Gasteiger partial charge on any atom is -0.388 e. The lowest BCUT2D eigenvalue weighted by molar-refractivity contribution is -0.137. The molecule has 0 aliphatic heterocycles. The van der Waals surface area contributed by atoms with Gasteiger partial charge in [0.25, 0.3) is 0 Å². The molecule has 1 saturated carbocycles. The number of carbonyl (C=O) groups is 2. The molecule has 1 aliphatic carbocycles. The van der Waals surface area contributed by atoms with Gasteiger partial charge >= 0.3 is 11.8 Å². The van der Waals surface area contributed by atoms with E-state index < -0.39 is 23.2 Å². The summed E-state index contributed by atoms with van der Waals surface area (Å²) in [4.78, 5) is 23.4. The molecule has 2 amide bonds. The van der Waals surface area contributed by atoms with Gasteiger partial charge in [-0.05, 0) is 25.0 Å². The largest absolute Gasteiger partial charge is 0.388 e. The van der Waals surface area contributed by atoms with Crippen molar-refractivity contribution in [3.8, 4) is 0 Å². The van der Waals surface area contributed by atoms with E-state index >= 15 is 0 Å². The van der Waals surface area contributed by atoms with Gasteiger partial charge in [0.2, 0.25) is 0 Å². The molecule has 1 aromatic carbocycles. The highest BCUT2D eigenvalue weighted by Crippen LogP contribution is 2.27. The monoisotopic (exact) mass is 294 g/mol. The standard InChI is InChI=1S/C15H19FN2O3/c16-11-6-2-3-7-12(11)18-14(20)13(19)17-10-15(21)8-4-1-5-9-15/h2-3,6-7,21H,1,4-5,8-10H2,(H,17,19)(H,18,20). The molecule has 6 heteroatoms. The second-order valence-corrected chi connectivity index (χ2v) is 5.40. The number of hydrogen-bond acceptors (Lipinski definition) is 3. The highest BCUT2D eigenvalue weighted by atomic mass is 19.1. The Labute approximate surface area is 122 Å². The van der Waals surface area contributed by atoms with Gasteiger partial charge in [-0.25, -0.2) is 4.39 Å². The third-order valence-electron chi connectivity index (χ3n) is 3.69. The molecule has 0 spiro atoms. The molecular formula is C15H19FN2O3. The Morgan fingerprint density at radius 3 is 2.48 bits per heavy atom. The summed E-state index contributed by atoms with van der Waals surface area (Å²) in [5.74, 6) is -2.43. The van der Waals surface area contributed by atoms with Crippen molar-refractivity contribution in [1.82, 2.24) is 5.32 Å². The first-order valence-electron chi connectivity index (χ1n) is 7.06. The molecular weight excluding hydrogens is 275 g/mol. The predicted molar refractivity (Wildman–Crippen MR) is 76.1 cm³/mol. The zero-order chi connectivity index (χ0) is 15.3. The van der Waals surface area contributed by atoms with Crippen molar-refractivity contribution in [2.75, 3.05) is 11.9 Å². The molecule has 0 saturated heterocycles. The number of rotatable bonds is 3. The zero-order valence-electron chi connectivity index (χ0n) is 11.7. The van der Waals surface area contributed by atoms with E-state index in [2.05, 4.69) is 10.6 Å². The molecule has 0 radical (unpaired) electrons. The average Bonchev–Trinajstić information content (AvgIpc) is 2.48. The fourth-order valence-electron chi connectivity index (χ4n) is 2.45. The van der Waals surface area contributed by atoms with Crippen LogP contribution in [0.2, 0.25) is 0 Å². The van der Waals surface area contributed by atoms with Crippen molar-refractivity contribution in [1.29, 1.82) is 0 Å². The Balaban J connectivity index is 1.85. The SMILES string of the molecule is O=C(NCC1(O)CCCCC1)C(=O)Nc1ccccc1F. The lowest BCUT2D eigenvalue weighted by Crippen LogP contribution is -2.47. The number of hydrogen-bond donors (Lipinski definition) is 3. The molecule has 3 N–H and O–H groups in total. The molecule has 1 aromatic rings. The van der Waals surface area contributed by atoms with E-state index in [1.807, 2.05) is 0 Å². The molecule has 0 atom stereocenters. The van der Waals surface area contributed by atoms with Crippen molar-refractivity contribution >= 4 is 17.5 Å². The van der Waals surface area contributed by atoms with Gasteiger partial charge in [-0.15, -0.1) is 0 Å². The second-order valence-electron chi connectivity index (χ2n) is 5.40. The fourth-order valence-corrected chi connectivity index (χ4v) is 2.45. The van der Waals surface area contributed by atoms with E-state index in [4.69, 9.17) is 0 Å². The maximum Gasteiger partial charge on any atom is 0.313 e. The van der Waals surface area contributed by atoms with Crippen LogP contribution in [0, 0.1) is 5.82 Å². The molecule has 114 valence electrons. The number of para-hydroxylation sites is 1. The van der Waals surface area contributed by atoms with Gasteiger partial charge in [-0.2, -0.15) is 0 Å². The van der Waals surface area contributed by atoms with E-state index in [0.717, 1.165) is 19.3 Å². The first-order chi connectivity index (χ1) is 10.0. The van der Waals surface area contributed by atoms with Crippen LogP contribution in [0.3, 0.4) is 0 Å².